The molecule has 3 aliphatic heterocycles. The summed E-state index contributed by atoms with van der Waals surface area (Å²) in [6.45, 7) is 11.6. The van der Waals surface area contributed by atoms with Crippen LogP contribution in [0.2, 0.25) is 25.7 Å². The molecule has 12 N–H and O–H groups in total. The molecule has 530 valence electrons. The molecular formula is C70H92N7O19PSi. The topological polar surface area (TPSA) is 382 Å². The number of aliphatic hydroxyl groups excluding tert-OH is 7. The summed E-state index contributed by atoms with van der Waals surface area (Å²) in [6.07, 6.45) is -12.8. The van der Waals surface area contributed by atoms with E-state index in [-0.39, 0.29) is 36.6 Å². The highest BCUT2D eigenvalue weighted by molar-refractivity contribution is 7.33. The summed E-state index contributed by atoms with van der Waals surface area (Å²) >= 11 is 0. The lowest BCUT2D eigenvalue weighted by molar-refractivity contribution is -0.149. The van der Waals surface area contributed by atoms with Gasteiger partial charge in [0, 0.05) is 52.1 Å². The molecule has 98 heavy (non-hydrogen) atoms. The molecule has 7 amide bonds. The monoisotopic (exact) mass is 1390 g/mol. The van der Waals surface area contributed by atoms with Crippen molar-refractivity contribution >= 4 is 57.7 Å². The molecule has 8 rings (SSSR count). The van der Waals surface area contributed by atoms with Gasteiger partial charge in [0.2, 0.25) is 35.4 Å². The third-order valence-corrected chi connectivity index (χ3v) is 20.0. The van der Waals surface area contributed by atoms with Crippen LogP contribution in [0.3, 0.4) is 0 Å². The normalized spacial score (nSPS) is 25.4. The van der Waals surface area contributed by atoms with Crippen molar-refractivity contribution in [2.45, 2.75) is 177 Å². The van der Waals surface area contributed by atoms with Crippen molar-refractivity contribution in [2.75, 3.05) is 26.3 Å². The van der Waals surface area contributed by atoms with Crippen molar-refractivity contribution < 1.29 is 92.4 Å². The van der Waals surface area contributed by atoms with Crippen LogP contribution in [0.1, 0.15) is 87.4 Å². The zero-order chi connectivity index (χ0) is 71.1. The molecule has 28 heteroatoms. The number of rotatable bonds is 23. The van der Waals surface area contributed by atoms with Gasteiger partial charge in [0.05, 0.1) is 37.6 Å². The van der Waals surface area contributed by atoms with Gasteiger partial charge in [0.1, 0.15) is 66.1 Å². The number of aliphatic hydroxyl groups is 7. The first-order valence-electron chi connectivity index (χ1n) is 33.0. The molecule has 3 heterocycles. The Bertz CT molecular complexity index is 3530. The van der Waals surface area contributed by atoms with E-state index in [4.69, 9.17) is 18.5 Å². The SMILES string of the molecule is CCCCCOc1ccc(-c2ccc(-c3ccc(C(=O)NC4C[C@@H](O)[C@@H](OCC[Si](C)(C)C)NC(=O)[C@@H]5[C@@H](O)[C@@H](C)CN5C(=O)[C@H]([C@@H](C)O)NC(=O)[C@H]([C@H](O)[C@@H](O)c5ccc(O[PH](=O)OCc6ccccc6)cc5)NC(=O)[C@@H]5C[C@@H](O)CN5C(=O)[C@H]([C@@H](C)O)NC4=O)cc3)cc2)cc1. The molecule has 16 atom stereocenters. The molecule has 5 aromatic carbocycles. The van der Waals surface area contributed by atoms with Gasteiger partial charge in [-0.25, -0.2) is 4.57 Å². The van der Waals surface area contributed by atoms with Crippen molar-refractivity contribution in [3.05, 3.63) is 144 Å². The van der Waals surface area contributed by atoms with Crippen LogP contribution in [-0.2, 0) is 49.2 Å². The molecule has 2 unspecified atom stereocenters. The maximum absolute atomic E-state index is 14.9. The molecule has 3 aliphatic rings. The largest absolute Gasteiger partial charge is 0.494 e. The first-order valence-corrected chi connectivity index (χ1v) is 38.0. The van der Waals surface area contributed by atoms with Gasteiger partial charge in [0.25, 0.3) is 5.91 Å². The van der Waals surface area contributed by atoms with Crippen LogP contribution >= 0.6 is 8.25 Å². The summed E-state index contributed by atoms with van der Waals surface area (Å²) in [5.74, 6) is -8.09. The molecule has 0 aliphatic carbocycles. The van der Waals surface area contributed by atoms with E-state index in [1.807, 2.05) is 68.2 Å². The van der Waals surface area contributed by atoms with E-state index in [9.17, 15) is 73.9 Å². The van der Waals surface area contributed by atoms with Crippen molar-refractivity contribution in [2.24, 2.45) is 5.92 Å². The third kappa shape index (κ3) is 20.1. The first-order chi connectivity index (χ1) is 46.6. The average Bonchev–Trinajstić information content (AvgIpc) is 1.61. The molecule has 0 saturated carbocycles. The Balaban J connectivity index is 1.10. The lowest BCUT2D eigenvalue weighted by atomic mass is 9.96. The first kappa shape index (κ1) is 75.8. The molecule has 0 radical (unpaired) electrons. The lowest BCUT2D eigenvalue weighted by Gasteiger charge is -2.34. The molecule has 26 nitrogen and oxygen atoms in total. The van der Waals surface area contributed by atoms with Crippen LogP contribution in [-0.4, -0.2) is 200 Å². The average molecular weight is 1390 g/mol. The van der Waals surface area contributed by atoms with Crippen molar-refractivity contribution in [3.63, 3.8) is 0 Å². The van der Waals surface area contributed by atoms with Gasteiger partial charge >= 0.3 is 8.25 Å². The summed E-state index contributed by atoms with van der Waals surface area (Å²) in [5.41, 5.74) is 4.15. The van der Waals surface area contributed by atoms with Crippen molar-refractivity contribution in [1.29, 1.82) is 0 Å². The lowest BCUT2D eigenvalue weighted by Crippen LogP contribution is -2.64. The number of nitrogens with one attached hydrogen (secondary N) is 5. The van der Waals surface area contributed by atoms with Crippen LogP contribution in [0.5, 0.6) is 11.5 Å². The number of unbranched alkanes of at least 4 members (excludes halogenated alkanes) is 2. The molecular weight excluding hydrogens is 1300 g/mol. The summed E-state index contributed by atoms with van der Waals surface area (Å²) < 4.78 is 35.6. The Morgan fingerprint density at radius 1 is 0.643 bits per heavy atom. The highest BCUT2D eigenvalue weighted by Gasteiger charge is 2.50. The predicted octanol–water partition coefficient (Wildman–Crippen LogP) is 3.72. The van der Waals surface area contributed by atoms with Gasteiger partial charge in [-0.2, -0.15) is 0 Å². The highest BCUT2D eigenvalue weighted by Crippen LogP contribution is 2.33. The number of amides is 7. The van der Waals surface area contributed by atoms with Crippen LogP contribution in [0.25, 0.3) is 22.3 Å². The number of hydrogen-bond acceptors (Lipinski definition) is 19. The summed E-state index contributed by atoms with van der Waals surface area (Å²) in [7, 11) is -5.05. The third-order valence-electron chi connectivity index (χ3n) is 17.6. The molecule has 0 bridgehead atoms. The molecule has 3 fully saturated rings. The molecule has 5 aromatic rings. The maximum atomic E-state index is 14.9. The minimum atomic E-state index is -3.12. The highest BCUT2D eigenvalue weighted by atomic mass is 31.1. The van der Waals surface area contributed by atoms with Crippen LogP contribution < -0.4 is 35.8 Å². The van der Waals surface area contributed by atoms with E-state index >= 15 is 0 Å². The van der Waals surface area contributed by atoms with Gasteiger partial charge in [-0.3, -0.25) is 38.1 Å². The van der Waals surface area contributed by atoms with Crippen molar-refractivity contribution in [1.82, 2.24) is 36.4 Å². The molecule has 0 spiro atoms. The van der Waals surface area contributed by atoms with Gasteiger partial charge in [-0.15, -0.1) is 0 Å². The Hall–Kier alpha value is -7.92. The molecule has 0 aromatic heterocycles. The van der Waals surface area contributed by atoms with Gasteiger partial charge in [-0.1, -0.05) is 137 Å². The minimum Gasteiger partial charge on any atom is -0.494 e. The van der Waals surface area contributed by atoms with Gasteiger partial charge < -0.3 is 86.1 Å². The summed E-state index contributed by atoms with van der Waals surface area (Å²) in [5, 5.41) is 94.0. The fourth-order valence-electron chi connectivity index (χ4n) is 11.8. The number of carbonyl (C=O) groups excluding carboxylic acids is 7. The molecule has 3 saturated heterocycles. The number of hydrogen-bond donors (Lipinski definition) is 12. The van der Waals surface area contributed by atoms with E-state index in [2.05, 4.69) is 33.5 Å². The fourth-order valence-corrected chi connectivity index (χ4v) is 13.2. The van der Waals surface area contributed by atoms with E-state index in [0.29, 0.717) is 12.7 Å². The van der Waals surface area contributed by atoms with E-state index in [1.165, 1.54) is 43.3 Å². The number of benzene rings is 5. The zero-order valence-corrected chi connectivity index (χ0v) is 58.0. The van der Waals surface area contributed by atoms with E-state index in [1.54, 1.807) is 42.5 Å². The Labute approximate surface area is 571 Å². The number of carbonyl (C=O) groups is 7. The van der Waals surface area contributed by atoms with Crippen LogP contribution in [0, 0.1) is 5.92 Å². The number of nitrogens with zero attached hydrogens (tertiary/aromatic N) is 2. The quantitative estimate of drug-likeness (QED) is 0.0252. The van der Waals surface area contributed by atoms with Gasteiger partial charge in [-0.05, 0) is 96.1 Å². The second-order valence-corrected chi connectivity index (χ2v) is 33.2. The number of ether oxygens (including phenoxy) is 2. The smallest absolute Gasteiger partial charge is 0.368 e. The van der Waals surface area contributed by atoms with Crippen LogP contribution in [0.4, 0.5) is 0 Å². The zero-order valence-electron chi connectivity index (χ0n) is 56.0. The maximum Gasteiger partial charge on any atom is 0.368 e. The van der Waals surface area contributed by atoms with E-state index in [0.717, 1.165) is 76.5 Å². The van der Waals surface area contributed by atoms with Crippen LogP contribution in [0.15, 0.2) is 127 Å². The van der Waals surface area contributed by atoms with E-state index < -0.39 is 168 Å². The van der Waals surface area contributed by atoms with Gasteiger partial charge in [0.15, 0.2) is 6.23 Å². The fraction of sp³-hybridized carbons (Fsp3) is 0.471. The van der Waals surface area contributed by atoms with Crippen molar-refractivity contribution in [3.8, 4) is 33.8 Å². The summed E-state index contributed by atoms with van der Waals surface area (Å²) in [4.78, 5) is 105. The Morgan fingerprint density at radius 3 is 1.78 bits per heavy atom. The summed E-state index contributed by atoms with van der Waals surface area (Å²) in [6, 6.07) is 24.8. The second kappa shape index (κ2) is 34.7. The predicted molar refractivity (Wildman–Crippen MR) is 364 cm³/mol. The Morgan fingerprint density at radius 2 is 1.19 bits per heavy atom. The minimum absolute atomic E-state index is 0.0167. The number of fused-ring (bicyclic) bond motifs is 2. The standard InChI is InChI=1S/C70H92N7O19PSi/c1-8-9-13-32-93-51-28-24-47(25-29-51)45-18-16-44(17-19-45)46-20-22-49(23-21-46)63(85)71-53-36-55(81)68(94-33-34-98(5,6)7)75-67(89)59-60(82)40(2)37-77(59)70(91)57(42(4)79)73-66(88)58(74-65(87)54-35-50(80)38-76(54)69(90)56(41(3)78)72-64(53)86)62(84)61(83)48-26-30-52(31-27-48)96-97(92)95-39-43-14-11-10-12-15-43/h10-12,14-31,40-42,50,53-62,68,78-84,97H,8-9,13,32-39H2,1-7H3,(H,71,85)(H,72,86)(H,73,88)(H,74,87)(H,75,89)/t40-,41+,42+,50+,53?,54-,55+,56-,57-,58-,59-,60-,61-,62-,68+/m0/s1. The second-order valence-electron chi connectivity index (χ2n) is 26.5. The Kier molecular flexibility index (Phi) is 26.9.